The van der Waals surface area contributed by atoms with Gasteiger partial charge in [0.2, 0.25) is 0 Å². The molecule has 0 spiro atoms. The zero-order chi connectivity index (χ0) is 18.6. The van der Waals surface area contributed by atoms with Crippen LogP contribution in [0.2, 0.25) is 15.1 Å². The first-order chi connectivity index (χ1) is 11.8. The third kappa shape index (κ3) is 5.16. The third-order valence-electron chi connectivity index (χ3n) is 3.07. The van der Waals surface area contributed by atoms with E-state index in [1.165, 1.54) is 37.3 Å². The summed E-state index contributed by atoms with van der Waals surface area (Å²) in [7, 11) is 0. The standard InChI is InChI=1S/C16H13Cl3N2O4/c1-8(25-14-5-3-10(18)7-12(14)19)15(23)20-21-16(24)11-6-9(17)2-4-13(11)22/h2-8,22H,1H3,(H,20,23)(H,21,24). The predicted octanol–water partition coefficient (Wildman–Crippen LogP) is 3.58. The summed E-state index contributed by atoms with van der Waals surface area (Å²) < 4.78 is 5.42. The number of hydrogen-bond donors (Lipinski definition) is 3. The molecular formula is C16H13Cl3N2O4. The highest BCUT2D eigenvalue weighted by atomic mass is 35.5. The van der Waals surface area contributed by atoms with Crippen LogP contribution in [0.1, 0.15) is 17.3 Å². The van der Waals surface area contributed by atoms with E-state index in [9.17, 15) is 14.7 Å². The van der Waals surface area contributed by atoms with Gasteiger partial charge in [-0.15, -0.1) is 0 Å². The lowest BCUT2D eigenvalue weighted by Gasteiger charge is -2.16. The molecule has 1 unspecified atom stereocenters. The first kappa shape index (κ1) is 19.2. The first-order valence-electron chi connectivity index (χ1n) is 6.98. The van der Waals surface area contributed by atoms with Gasteiger partial charge < -0.3 is 9.84 Å². The molecule has 0 aromatic heterocycles. The minimum Gasteiger partial charge on any atom is -0.507 e. The molecule has 2 amide bonds. The van der Waals surface area contributed by atoms with Crippen LogP contribution in [0.5, 0.6) is 11.5 Å². The smallest absolute Gasteiger partial charge is 0.279 e. The van der Waals surface area contributed by atoms with Gasteiger partial charge in [0, 0.05) is 10.0 Å². The van der Waals surface area contributed by atoms with E-state index in [2.05, 4.69) is 10.9 Å². The SMILES string of the molecule is CC(Oc1ccc(Cl)cc1Cl)C(=O)NNC(=O)c1cc(Cl)ccc1O. The number of aromatic hydroxyl groups is 1. The molecule has 132 valence electrons. The van der Waals surface area contributed by atoms with Gasteiger partial charge in [-0.1, -0.05) is 34.8 Å². The van der Waals surface area contributed by atoms with Crippen LogP contribution in [0, 0.1) is 0 Å². The highest BCUT2D eigenvalue weighted by Crippen LogP contribution is 2.28. The molecule has 1 atom stereocenters. The van der Waals surface area contributed by atoms with Crippen molar-refractivity contribution >= 4 is 46.6 Å². The van der Waals surface area contributed by atoms with E-state index >= 15 is 0 Å². The first-order valence-corrected chi connectivity index (χ1v) is 8.11. The van der Waals surface area contributed by atoms with Crippen molar-refractivity contribution in [1.29, 1.82) is 0 Å². The third-order valence-corrected chi connectivity index (χ3v) is 3.83. The summed E-state index contributed by atoms with van der Waals surface area (Å²) in [5, 5.41) is 10.6. The lowest BCUT2D eigenvalue weighted by Crippen LogP contribution is -2.47. The van der Waals surface area contributed by atoms with Crippen LogP contribution in [-0.4, -0.2) is 23.0 Å². The van der Waals surface area contributed by atoms with Gasteiger partial charge in [-0.25, -0.2) is 0 Å². The van der Waals surface area contributed by atoms with E-state index in [4.69, 9.17) is 39.5 Å². The molecule has 9 heteroatoms. The van der Waals surface area contributed by atoms with Crippen LogP contribution in [0.15, 0.2) is 36.4 Å². The van der Waals surface area contributed by atoms with Gasteiger partial charge in [-0.2, -0.15) is 0 Å². The monoisotopic (exact) mass is 402 g/mol. The van der Waals surface area contributed by atoms with E-state index in [1.807, 2.05) is 0 Å². The lowest BCUT2D eigenvalue weighted by atomic mass is 10.2. The fourth-order valence-corrected chi connectivity index (χ4v) is 2.42. The van der Waals surface area contributed by atoms with Crippen LogP contribution >= 0.6 is 34.8 Å². The summed E-state index contributed by atoms with van der Waals surface area (Å²) in [5.74, 6) is -1.35. The minimum absolute atomic E-state index is 0.0814. The Labute approximate surface area is 158 Å². The zero-order valence-corrected chi connectivity index (χ0v) is 15.1. The summed E-state index contributed by atoms with van der Waals surface area (Å²) in [5.41, 5.74) is 4.28. The van der Waals surface area contributed by atoms with Gasteiger partial charge in [0.1, 0.15) is 11.5 Å². The molecule has 25 heavy (non-hydrogen) atoms. The van der Waals surface area contributed by atoms with Gasteiger partial charge in [0.15, 0.2) is 6.10 Å². The number of carbonyl (C=O) groups is 2. The maximum atomic E-state index is 12.0. The molecule has 2 aromatic rings. The number of rotatable bonds is 4. The predicted molar refractivity (Wildman–Crippen MR) is 95.3 cm³/mol. The second kappa shape index (κ2) is 8.29. The Morgan fingerprint density at radius 3 is 2.36 bits per heavy atom. The van der Waals surface area contributed by atoms with Crippen molar-refractivity contribution in [1.82, 2.24) is 10.9 Å². The molecule has 0 bridgehead atoms. The molecular weight excluding hydrogens is 391 g/mol. The number of hydrazine groups is 1. The molecule has 3 N–H and O–H groups in total. The van der Waals surface area contributed by atoms with E-state index in [0.717, 1.165) is 0 Å². The molecule has 0 aliphatic heterocycles. The van der Waals surface area contributed by atoms with Crippen LogP contribution < -0.4 is 15.6 Å². The minimum atomic E-state index is -0.952. The molecule has 0 fully saturated rings. The van der Waals surface area contributed by atoms with Crippen LogP contribution in [0.25, 0.3) is 0 Å². The number of amides is 2. The van der Waals surface area contributed by atoms with E-state index in [1.54, 1.807) is 6.07 Å². The number of hydrogen-bond acceptors (Lipinski definition) is 4. The van der Waals surface area contributed by atoms with Crippen LogP contribution in [0.3, 0.4) is 0 Å². The molecule has 0 aliphatic rings. The Hall–Kier alpha value is -2.15. The van der Waals surface area contributed by atoms with Gasteiger partial charge >= 0.3 is 0 Å². The second-order valence-corrected chi connectivity index (χ2v) is 6.22. The summed E-state index contributed by atoms with van der Waals surface area (Å²) in [6.45, 7) is 1.48. The van der Waals surface area contributed by atoms with E-state index in [0.29, 0.717) is 5.02 Å². The Bertz CT molecular complexity index is 814. The lowest BCUT2D eigenvalue weighted by molar-refractivity contribution is -0.128. The van der Waals surface area contributed by atoms with Crippen molar-refractivity contribution in [2.24, 2.45) is 0 Å². The van der Waals surface area contributed by atoms with Gasteiger partial charge in [0.05, 0.1) is 10.6 Å². The van der Waals surface area contributed by atoms with Crippen molar-refractivity contribution in [3.05, 3.63) is 57.0 Å². The fourth-order valence-electron chi connectivity index (χ4n) is 1.79. The zero-order valence-electron chi connectivity index (χ0n) is 12.8. The number of phenols is 1. The molecule has 0 aliphatic carbocycles. The van der Waals surface area contributed by atoms with Gasteiger partial charge in [-0.3, -0.25) is 20.4 Å². The quantitative estimate of drug-likeness (QED) is 0.681. The van der Waals surface area contributed by atoms with Gasteiger partial charge in [-0.05, 0) is 43.3 Å². The highest BCUT2D eigenvalue weighted by Gasteiger charge is 2.18. The Morgan fingerprint density at radius 2 is 1.68 bits per heavy atom. The largest absolute Gasteiger partial charge is 0.507 e. The number of benzene rings is 2. The molecule has 6 nitrogen and oxygen atoms in total. The maximum Gasteiger partial charge on any atom is 0.279 e. The van der Waals surface area contributed by atoms with Crippen LogP contribution in [-0.2, 0) is 4.79 Å². The summed E-state index contributed by atoms with van der Waals surface area (Å²) in [4.78, 5) is 24.0. The molecule has 2 aromatic carbocycles. The molecule has 0 heterocycles. The van der Waals surface area contributed by atoms with Crippen LogP contribution in [0.4, 0.5) is 0 Å². The van der Waals surface area contributed by atoms with Crippen molar-refractivity contribution in [3.63, 3.8) is 0 Å². The Kier molecular flexibility index (Phi) is 6.36. The van der Waals surface area contributed by atoms with Crippen molar-refractivity contribution < 1.29 is 19.4 Å². The number of nitrogens with one attached hydrogen (secondary N) is 2. The van der Waals surface area contributed by atoms with E-state index < -0.39 is 17.9 Å². The number of phenolic OH excluding ortho intramolecular Hbond substituents is 1. The Morgan fingerprint density at radius 1 is 1.04 bits per heavy atom. The number of ether oxygens (including phenoxy) is 1. The average Bonchev–Trinajstić information content (AvgIpc) is 2.56. The Balaban J connectivity index is 1.95. The molecule has 0 saturated heterocycles. The summed E-state index contributed by atoms with van der Waals surface area (Å²) in [6.07, 6.45) is -0.952. The van der Waals surface area contributed by atoms with Crippen molar-refractivity contribution in [2.45, 2.75) is 13.0 Å². The number of halogens is 3. The van der Waals surface area contributed by atoms with Crippen molar-refractivity contribution in [3.8, 4) is 11.5 Å². The molecule has 0 saturated carbocycles. The topological polar surface area (TPSA) is 87.7 Å². The molecule has 0 radical (unpaired) electrons. The maximum absolute atomic E-state index is 12.0. The average molecular weight is 404 g/mol. The number of carbonyl (C=O) groups excluding carboxylic acids is 2. The molecule has 2 rings (SSSR count). The second-order valence-electron chi connectivity index (χ2n) is 4.94. The van der Waals surface area contributed by atoms with E-state index in [-0.39, 0.29) is 27.1 Å². The summed E-state index contributed by atoms with van der Waals surface area (Å²) in [6, 6.07) is 8.54. The highest BCUT2D eigenvalue weighted by molar-refractivity contribution is 6.35. The fraction of sp³-hybridized carbons (Fsp3) is 0.125. The van der Waals surface area contributed by atoms with Crippen molar-refractivity contribution in [2.75, 3.05) is 0 Å². The summed E-state index contributed by atoms with van der Waals surface area (Å²) >= 11 is 17.5. The normalized spacial score (nSPS) is 11.5. The van der Waals surface area contributed by atoms with Gasteiger partial charge in [0.25, 0.3) is 11.8 Å².